The Bertz CT molecular complexity index is 1560. The topological polar surface area (TPSA) is 100 Å². The number of carbonyl (C=O) groups excluding carboxylic acids is 2. The molecule has 2 amide bonds. The molecule has 0 aliphatic carbocycles. The number of carbonyl (C=O) groups is 2. The van der Waals surface area contributed by atoms with Crippen molar-refractivity contribution in [2.24, 2.45) is 5.92 Å². The van der Waals surface area contributed by atoms with Crippen LogP contribution in [0.25, 0.3) is 11.1 Å². The first-order valence-electron chi connectivity index (χ1n) is 22.7. The summed E-state index contributed by atoms with van der Waals surface area (Å²) in [5, 5.41) is 15.6. The first-order chi connectivity index (χ1) is 28.3. The van der Waals surface area contributed by atoms with Crippen LogP contribution in [0.15, 0.2) is 72.8 Å². The van der Waals surface area contributed by atoms with E-state index in [1.807, 2.05) is 24.3 Å². The van der Waals surface area contributed by atoms with Crippen LogP contribution >= 0.6 is 0 Å². The molecule has 8 heteroatoms. The van der Waals surface area contributed by atoms with Crippen LogP contribution < -0.4 is 10.6 Å². The van der Waals surface area contributed by atoms with Gasteiger partial charge in [-0.25, -0.2) is 0 Å². The Hall–Kier alpha value is -3.56. The number of ether oxygens (including phenoxy) is 2. The Morgan fingerprint density at radius 3 is 1.93 bits per heavy atom. The molecular weight excluding hydrogens is 723 g/mol. The van der Waals surface area contributed by atoms with Gasteiger partial charge in [0.2, 0.25) is 11.8 Å². The molecule has 3 N–H and O–H groups in total. The Morgan fingerprint density at radius 2 is 1.29 bits per heavy atom. The zero-order valence-corrected chi connectivity index (χ0v) is 36.3. The summed E-state index contributed by atoms with van der Waals surface area (Å²) in [4.78, 5) is 26.2. The molecule has 4 atom stereocenters. The van der Waals surface area contributed by atoms with Gasteiger partial charge in [-0.2, -0.15) is 0 Å². The Kier molecular flexibility index (Phi) is 22.1. The number of hydrogen-bond acceptors (Lipinski definition) is 6. The lowest BCUT2D eigenvalue weighted by Gasteiger charge is -2.43. The molecule has 0 spiro atoms. The molecule has 0 unspecified atom stereocenters. The van der Waals surface area contributed by atoms with E-state index in [0.29, 0.717) is 19.5 Å². The van der Waals surface area contributed by atoms with E-state index in [9.17, 15) is 14.7 Å². The molecule has 320 valence electrons. The van der Waals surface area contributed by atoms with Gasteiger partial charge in [-0.05, 0) is 72.7 Å². The maximum atomic E-state index is 12.5. The summed E-state index contributed by atoms with van der Waals surface area (Å²) in [6, 6.07) is 25.1. The first kappa shape index (κ1) is 47.1. The van der Waals surface area contributed by atoms with Crippen LogP contribution in [0.4, 0.5) is 0 Å². The average Bonchev–Trinajstić information content (AvgIpc) is 3.24. The quantitative estimate of drug-likeness (QED) is 0.0633. The van der Waals surface area contributed by atoms with Crippen molar-refractivity contribution < 1.29 is 24.2 Å². The van der Waals surface area contributed by atoms with Gasteiger partial charge in [0, 0.05) is 44.5 Å². The molecule has 3 aromatic rings. The van der Waals surface area contributed by atoms with Crippen molar-refractivity contribution in [3.05, 3.63) is 95.1 Å². The molecule has 1 fully saturated rings. The number of aliphatic hydroxyl groups excluding tert-OH is 1. The molecule has 0 aromatic heterocycles. The number of nitrogens with one attached hydrogen (secondary N) is 2. The van der Waals surface area contributed by atoms with E-state index < -0.39 is 6.29 Å². The molecule has 58 heavy (non-hydrogen) atoms. The van der Waals surface area contributed by atoms with Crippen molar-refractivity contribution >= 4 is 11.8 Å². The fourth-order valence-electron chi connectivity index (χ4n) is 7.94. The van der Waals surface area contributed by atoms with E-state index in [4.69, 9.17) is 9.47 Å². The molecular formula is C50H75N3O5. The summed E-state index contributed by atoms with van der Waals surface area (Å²) < 4.78 is 13.8. The van der Waals surface area contributed by atoms with Crippen LogP contribution in [-0.4, -0.2) is 54.1 Å². The van der Waals surface area contributed by atoms with Crippen molar-refractivity contribution in [2.45, 2.75) is 162 Å². The number of hydrogen-bond donors (Lipinski definition) is 3. The van der Waals surface area contributed by atoms with E-state index in [2.05, 4.69) is 84.8 Å². The fourth-order valence-corrected chi connectivity index (χ4v) is 7.94. The highest BCUT2D eigenvalue weighted by Gasteiger charge is 2.39. The van der Waals surface area contributed by atoms with E-state index in [-0.39, 0.29) is 36.5 Å². The van der Waals surface area contributed by atoms with Gasteiger partial charge in [-0.3, -0.25) is 9.59 Å². The maximum Gasteiger partial charge on any atom is 0.220 e. The molecule has 0 bridgehead atoms. The number of rotatable bonds is 28. The van der Waals surface area contributed by atoms with Gasteiger partial charge in [-0.15, -0.1) is 0 Å². The lowest BCUT2D eigenvalue weighted by molar-refractivity contribution is -0.276. The van der Waals surface area contributed by atoms with E-state index >= 15 is 0 Å². The zero-order valence-electron chi connectivity index (χ0n) is 36.3. The molecule has 0 saturated carbocycles. The SMILES string of the molecule is CCCCCCCCN(CCCCCCCC)C[C@@H]1O[C@H](c2ccc(-c3cccc(CNC(=O)CCCCCNC(C)=O)c3)cc2)O[C@H](c2ccc(CO)cc2)[C@@H]1C. The third-order valence-corrected chi connectivity index (χ3v) is 11.6. The number of aliphatic hydroxyl groups is 1. The summed E-state index contributed by atoms with van der Waals surface area (Å²) in [7, 11) is 0. The minimum absolute atomic E-state index is 0.00300. The van der Waals surface area contributed by atoms with Crippen LogP contribution in [0.1, 0.15) is 165 Å². The second-order valence-electron chi connectivity index (χ2n) is 16.6. The third-order valence-electron chi connectivity index (χ3n) is 11.6. The second kappa shape index (κ2) is 27.2. The van der Waals surface area contributed by atoms with Crippen LogP contribution in [-0.2, 0) is 32.2 Å². The number of nitrogens with zero attached hydrogens (tertiary/aromatic N) is 1. The molecule has 1 aliphatic heterocycles. The normalized spacial score (nSPS) is 18.0. The highest BCUT2D eigenvalue weighted by Crippen LogP contribution is 2.42. The maximum absolute atomic E-state index is 12.5. The second-order valence-corrected chi connectivity index (χ2v) is 16.6. The summed E-state index contributed by atoms with van der Waals surface area (Å²) in [5.41, 5.74) is 6.25. The monoisotopic (exact) mass is 798 g/mol. The van der Waals surface area contributed by atoms with Crippen LogP contribution in [0.2, 0.25) is 0 Å². The lowest BCUT2D eigenvalue weighted by Crippen LogP contribution is -2.45. The van der Waals surface area contributed by atoms with Crippen LogP contribution in [0.3, 0.4) is 0 Å². The van der Waals surface area contributed by atoms with Gasteiger partial charge in [0.15, 0.2) is 6.29 Å². The van der Waals surface area contributed by atoms with Gasteiger partial charge in [0.05, 0.1) is 18.8 Å². The third kappa shape index (κ3) is 17.0. The van der Waals surface area contributed by atoms with Gasteiger partial charge < -0.3 is 30.1 Å². The predicted octanol–water partition coefficient (Wildman–Crippen LogP) is 11.0. The lowest BCUT2D eigenvalue weighted by atomic mass is 9.89. The van der Waals surface area contributed by atoms with Crippen molar-refractivity contribution in [3.8, 4) is 11.1 Å². The molecule has 1 aliphatic rings. The van der Waals surface area contributed by atoms with Crippen LogP contribution in [0.5, 0.6) is 0 Å². The fraction of sp³-hybridized carbons (Fsp3) is 0.600. The first-order valence-corrected chi connectivity index (χ1v) is 22.7. The standard InChI is InChI=1S/C50H75N3O5/c1-5-7-9-11-13-18-33-53(34-19-14-12-10-8-6-2)37-47-39(3)49(44-26-24-41(38-54)25-27-44)58-50(57-47)45-30-28-43(29-31-45)46-22-20-21-42(35-46)36-52-48(56)23-16-15-17-32-51-40(4)55/h20-22,24-31,35,39,47,49-50,54H,5-19,23,32-34,36-38H2,1-4H3,(H,51,55)(H,52,56)/t39-,47+,49+,50+/m1/s1. The highest BCUT2D eigenvalue weighted by atomic mass is 16.7. The molecule has 3 aromatic carbocycles. The zero-order chi connectivity index (χ0) is 41.4. The molecule has 1 saturated heterocycles. The summed E-state index contributed by atoms with van der Waals surface area (Å²) >= 11 is 0. The summed E-state index contributed by atoms with van der Waals surface area (Å²) in [6.07, 6.45) is 18.0. The van der Waals surface area contributed by atoms with E-state index in [0.717, 1.165) is 72.3 Å². The minimum Gasteiger partial charge on any atom is -0.392 e. The smallest absolute Gasteiger partial charge is 0.220 e. The van der Waals surface area contributed by atoms with Crippen molar-refractivity contribution in [1.82, 2.24) is 15.5 Å². The Labute approximate surface area is 350 Å². The van der Waals surface area contributed by atoms with E-state index in [1.54, 1.807) is 0 Å². The highest BCUT2D eigenvalue weighted by molar-refractivity contribution is 5.76. The number of amides is 2. The largest absolute Gasteiger partial charge is 0.392 e. The average molecular weight is 798 g/mol. The van der Waals surface area contributed by atoms with Gasteiger partial charge in [0.1, 0.15) is 0 Å². The molecule has 8 nitrogen and oxygen atoms in total. The number of unbranched alkanes of at least 4 members (excludes halogenated alkanes) is 12. The van der Waals surface area contributed by atoms with Crippen LogP contribution in [0, 0.1) is 5.92 Å². The summed E-state index contributed by atoms with van der Waals surface area (Å²) in [6.45, 7) is 12.6. The molecule has 0 radical (unpaired) electrons. The number of benzene rings is 3. The molecule has 1 heterocycles. The Balaban J connectivity index is 1.43. The predicted molar refractivity (Wildman–Crippen MR) is 237 cm³/mol. The van der Waals surface area contributed by atoms with Gasteiger partial charge in [0.25, 0.3) is 0 Å². The summed E-state index contributed by atoms with van der Waals surface area (Å²) in [5.74, 6) is 0.173. The van der Waals surface area contributed by atoms with Crippen molar-refractivity contribution in [3.63, 3.8) is 0 Å². The molecule has 4 rings (SSSR count). The van der Waals surface area contributed by atoms with Crippen molar-refractivity contribution in [1.29, 1.82) is 0 Å². The Morgan fingerprint density at radius 1 is 0.672 bits per heavy atom. The minimum atomic E-state index is -0.505. The van der Waals surface area contributed by atoms with Gasteiger partial charge in [-0.1, -0.05) is 158 Å². The van der Waals surface area contributed by atoms with Gasteiger partial charge >= 0.3 is 0 Å². The van der Waals surface area contributed by atoms with Crippen molar-refractivity contribution in [2.75, 3.05) is 26.2 Å². The van der Waals surface area contributed by atoms with E-state index in [1.165, 1.54) is 84.0 Å².